The van der Waals surface area contributed by atoms with E-state index in [9.17, 15) is 10.1 Å². The van der Waals surface area contributed by atoms with Crippen molar-refractivity contribution in [1.82, 2.24) is 0 Å². The molecule has 0 aliphatic rings. The first-order chi connectivity index (χ1) is 14.6. The van der Waals surface area contributed by atoms with Gasteiger partial charge in [-0.25, -0.2) is 0 Å². The summed E-state index contributed by atoms with van der Waals surface area (Å²) in [6.45, 7) is 5.73. The maximum atomic E-state index is 12.9. The number of nitriles is 1. The zero-order valence-corrected chi connectivity index (χ0v) is 17.4. The molecule has 0 fully saturated rings. The summed E-state index contributed by atoms with van der Waals surface area (Å²) in [7, 11) is 1.63. The molecule has 0 saturated carbocycles. The lowest BCUT2D eigenvalue weighted by molar-refractivity contribution is -0.151. The number of rotatable bonds is 8. The third-order valence-electron chi connectivity index (χ3n) is 5.29. The minimum atomic E-state index is -1.35. The number of esters is 1. The largest absolute Gasteiger partial charge is 0.496 e. The molecular formula is C26H25NO3. The van der Waals surface area contributed by atoms with Gasteiger partial charge in [0.2, 0.25) is 0 Å². The van der Waals surface area contributed by atoms with Gasteiger partial charge in [-0.1, -0.05) is 60.7 Å². The standard InChI is InChI=1S/C26H25NO3/c1-4-16-26(18-27,25(28)30-5-2)17-23-20-11-7-6-10-19(20)14-15-21(23)22-12-8-9-13-24(22)29-3/h4,6-15H,1,5,16-17H2,2-3H3. The van der Waals surface area contributed by atoms with Gasteiger partial charge in [-0.15, -0.1) is 6.58 Å². The van der Waals surface area contributed by atoms with E-state index in [4.69, 9.17) is 9.47 Å². The van der Waals surface area contributed by atoms with Crippen LogP contribution in [0.3, 0.4) is 0 Å². The van der Waals surface area contributed by atoms with E-state index in [1.165, 1.54) is 0 Å². The summed E-state index contributed by atoms with van der Waals surface area (Å²) >= 11 is 0. The van der Waals surface area contributed by atoms with E-state index in [1.54, 1.807) is 20.1 Å². The lowest BCUT2D eigenvalue weighted by atomic mass is 9.77. The van der Waals surface area contributed by atoms with E-state index >= 15 is 0 Å². The molecule has 1 atom stereocenters. The number of hydrogen-bond acceptors (Lipinski definition) is 4. The fourth-order valence-electron chi connectivity index (χ4n) is 3.82. The minimum Gasteiger partial charge on any atom is -0.496 e. The molecule has 0 heterocycles. The summed E-state index contributed by atoms with van der Waals surface area (Å²) < 4.78 is 10.9. The normalized spacial score (nSPS) is 12.6. The highest BCUT2D eigenvalue weighted by Gasteiger charge is 2.40. The molecule has 0 aromatic heterocycles. The van der Waals surface area contributed by atoms with Gasteiger partial charge in [0, 0.05) is 12.0 Å². The van der Waals surface area contributed by atoms with Crippen molar-refractivity contribution >= 4 is 16.7 Å². The highest BCUT2D eigenvalue weighted by molar-refractivity contribution is 5.94. The van der Waals surface area contributed by atoms with E-state index in [2.05, 4.69) is 12.6 Å². The van der Waals surface area contributed by atoms with Gasteiger partial charge in [-0.05, 0) is 41.3 Å². The number of hydrogen-bond donors (Lipinski definition) is 0. The van der Waals surface area contributed by atoms with Crippen molar-refractivity contribution in [2.75, 3.05) is 13.7 Å². The number of benzene rings is 3. The second-order valence-corrected chi connectivity index (χ2v) is 7.10. The number of fused-ring (bicyclic) bond motifs is 1. The lowest BCUT2D eigenvalue weighted by Crippen LogP contribution is -2.34. The van der Waals surface area contributed by atoms with Gasteiger partial charge in [0.25, 0.3) is 0 Å². The summed E-state index contributed by atoms with van der Waals surface area (Å²) in [6, 6.07) is 22.0. The van der Waals surface area contributed by atoms with E-state index in [0.29, 0.717) is 0 Å². The Balaban J connectivity index is 2.28. The molecule has 3 rings (SSSR count). The number of methoxy groups -OCH3 is 1. The van der Waals surface area contributed by atoms with Crippen LogP contribution in [0, 0.1) is 16.7 Å². The first-order valence-electron chi connectivity index (χ1n) is 9.93. The third kappa shape index (κ3) is 3.92. The molecule has 152 valence electrons. The Hall–Kier alpha value is -3.58. The Morgan fingerprint density at radius 2 is 1.83 bits per heavy atom. The van der Waals surface area contributed by atoms with Crippen molar-refractivity contribution < 1.29 is 14.3 Å². The van der Waals surface area contributed by atoms with E-state index in [0.717, 1.165) is 33.2 Å². The minimum absolute atomic E-state index is 0.205. The first-order valence-corrected chi connectivity index (χ1v) is 9.93. The number of carbonyl (C=O) groups is 1. The SMILES string of the molecule is C=CCC(C#N)(Cc1c(-c2ccccc2OC)ccc2ccccc12)C(=O)OCC. The summed E-state index contributed by atoms with van der Waals surface area (Å²) in [5, 5.41) is 12.1. The van der Waals surface area contributed by atoms with Crippen LogP contribution in [0.5, 0.6) is 5.75 Å². The van der Waals surface area contributed by atoms with Crippen molar-refractivity contribution in [3.63, 3.8) is 0 Å². The van der Waals surface area contributed by atoms with Crippen LogP contribution in [0.2, 0.25) is 0 Å². The Labute approximate surface area is 177 Å². The summed E-state index contributed by atoms with van der Waals surface area (Å²) in [4.78, 5) is 12.9. The Kier molecular flexibility index (Phi) is 6.54. The van der Waals surface area contributed by atoms with Crippen molar-refractivity contribution in [1.29, 1.82) is 5.26 Å². The highest BCUT2D eigenvalue weighted by atomic mass is 16.5. The van der Waals surface area contributed by atoms with Gasteiger partial charge < -0.3 is 9.47 Å². The Morgan fingerprint density at radius 3 is 2.53 bits per heavy atom. The smallest absolute Gasteiger partial charge is 0.327 e. The van der Waals surface area contributed by atoms with Crippen molar-refractivity contribution in [2.45, 2.75) is 19.8 Å². The van der Waals surface area contributed by atoms with Crippen LogP contribution in [0.25, 0.3) is 21.9 Å². The van der Waals surface area contributed by atoms with Crippen LogP contribution < -0.4 is 4.74 Å². The average molecular weight is 399 g/mol. The Bertz CT molecular complexity index is 1110. The van der Waals surface area contributed by atoms with Gasteiger partial charge in [-0.2, -0.15) is 5.26 Å². The number of para-hydroxylation sites is 1. The zero-order valence-electron chi connectivity index (χ0n) is 17.4. The van der Waals surface area contributed by atoms with Gasteiger partial charge in [0.05, 0.1) is 19.8 Å². The number of ether oxygens (including phenoxy) is 2. The van der Waals surface area contributed by atoms with Crippen LogP contribution in [-0.2, 0) is 16.0 Å². The van der Waals surface area contributed by atoms with Crippen LogP contribution >= 0.6 is 0 Å². The second kappa shape index (κ2) is 9.28. The second-order valence-electron chi connectivity index (χ2n) is 7.10. The average Bonchev–Trinajstić information content (AvgIpc) is 2.79. The molecule has 4 nitrogen and oxygen atoms in total. The monoisotopic (exact) mass is 399 g/mol. The number of allylic oxidation sites excluding steroid dienone is 1. The predicted octanol–water partition coefficient (Wildman–Crippen LogP) is 5.71. The van der Waals surface area contributed by atoms with Crippen LogP contribution in [0.1, 0.15) is 18.9 Å². The van der Waals surface area contributed by atoms with E-state index < -0.39 is 11.4 Å². The molecule has 3 aromatic carbocycles. The molecule has 3 aromatic rings. The van der Waals surface area contributed by atoms with Crippen molar-refractivity contribution in [2.24, 2.45) is 5.41 Å². The summed E-state index contributed by atoms with van der Waals surface area (Å²) in [5.74, 6) is 0.211. The lowest BCUT2D eigenvalue weighted by Gasteiger charge is -2.26. The molecule has 4 heteroatoms. The van der Waals surface area contributed by atoms with Crippen LogP contribution in [-0.4, -0.2) is 19.7 Å². The molecule has 1 unspecified atom stereocenters. The highest BCUT2D eigenvalue weighted by Crippen LogP contribution is 2.40. The molecule has 0 N–H and O–H groups in total. The molecular weight excluding hydrogens is 374 g/mol. The molecule has 0 spiro atoms. The number of nitrogens with zero attached hydrogens (tertiary/aromatic N) is 1. The zero-order chi connectivity index (χ0) is 21.6. The van der Waals surface area contributed by atoms with Crippen LogP contribution in [0.4, 0.5) is 0 Å². The molecule has 0 amide bonds. The quantitative estimate of drug-likeness (QED) is 0.360. The van der Waals surface area contributed by atoms with Gasteiger partial charge in [-0.3, -0.25) is 4.79 Å². The van der Waals surface area contributed by atoms with E-state index in [1.807, 2.05) is 60.7 Å². The molecule has 0 bridgehead atoms. The molecule has 0 radical (unpaired) electrons. The van der Waals surface area contributed by atoms with E-state index in [-0.39, 0.29) is 19.4 Å². The van der Waals surface area contributed by atoms with Crippen molar-refractivity contribution in [3.05, 3.63) is 78.9 Å². The maximum Gasteiger partial charge on any atom is 0.327 e. The number of carbonyl (C=O) groups excluding carboxylic acids is 1. The molecule has 0 aliphatic heterocycles. The maximum absolute atomic E-state index is 12.9. The topological polar surface area (TPSA) is 59.3 Å². The fraction of sp³-hybridized carbons (Fsp3) is 0.231. The van der Waals surface area contributed by atoms with Gasteiger partial charge in [0.15, 0.2) is 5.41 Å². The predicted molar refractivity (Wildman–Crippen MR) is 119 cm³/mol. The molecule has 30 heavy (non-hydrogen) atoms. The summed E-state index contributed by atoms with van der Waals surface area (Å²) in [6.07, 6.45) is 2.02. The Morgan fingerprint density at radius 1 is 1.10 bits per heavy atom. The fourth-order valence-corrected chi connectivity index (χ4v) is 3.82. The molecule has 0 saturated heterocycles. The third-order valence-corrected chi connectivity index (χ3v) is 5.29. The van der Waals surface area contributed by atoms with Crippen molar-refractivity contribution in [3.8, 4) is 22.9 Å². The molecule has 0 aliphatic carbocycles. The first kappa shape index (κ1) is 21.1. The summed E-state index contributed by atoms with van der Waals surface area (Å²) in [5.41, 5.74) is 1.40. The van der Waals surface area contributed by atoms with Crippen LogP contribution in [0.15, 0.2) is 73.3 Å². The van der Waals surface area contributed by atoms with Gasteiger partial charge in [0.1, 0.15) is 5.75 Å². The van der Waals surface area contributed by atoms with Gasteiger partial charge >= 0.3 is 5.97 Å².